The summed E-state index contributed by atoms with van der Waals surface area (Å²) in [6.45, 7) is 1.36. The number of ether oxygens (including phenoxy) is 1. The van der Waals surface area contributed by atoms with E-state index in [4.69, 9.17) is 4.74 Å². The molecule has 0 radical (unpaired) electrons. The number of alkyl halides is 5. The van der Waals surface area contributed by atoms with E-state index in [-0.39, 0.29) is 6.54 Å². The van der Waals surface area contributed by atoms with Gasteiger partial charge in [0.15, 0.2) is 0 Å². The first-order valence-electron chi connectivity index (χ1n) is 5.08. The second-order valence-corrected chi connectivity index (χ2v) is 3.68. The number of hydrogen-bond donors (Lipinski definition) is 2. The molecule has 0 heterocycles. The number of methoxy groups -OCH3 is 1. The molecule has 104 valence electrons. The van der Waals surface area contributed by atoms with E-state index in [1.165, 1.54) is 14.0 Å². The molecule has 0 saturated heterocycles. The molecule has 0 aliphatic carbocycles. The van der Waals surface area contributed by atoms with Gasteiger partial charge in [0.1, 0.15) is 0 Å². The monoisotopic (exact) mass is 264 g/mol. The predicted molar refractivity (Wildman–Crippen MR) is 53.2 cm³/mol. The SMILES string of the molecule is COCCNCC(C)NCC(F)(F)C(F)(F)F. The highest BCUT2D eigenvalue weighted by atomic mass is 19.4. The van der Waals surface area contributed by atoms with Crippen molar-refractivity contribution in [1.29, 1.82) is 0 Å². The molecule has 0 amide bonds. The van der Waals surface area contributed by atoms with Crippen molar-refractivity contribution in [3.05, 3.63) is 0 Å². The first-order chi connectivity index (χ1) is 7.70. The lowest BCUT2D eigenvalue weighted by Crippen LogP contribution is -2.49. The van der Waals surface area contributed by atoms with E-state index in [0.29, 0.717) is 13.2 Å². The summed E-state index contributed by atoms with van der Waals surface area (Å²) >= 11 is 0. The van der Waals surface area contributed by atoms with Crippen molar-refractivity contribution in [1.82, 2.24) is 10.6 Å². The summed E-state index contributed by atoms with van der Waals surface area (Å²) in [6, 6.07) is -0.486. The topological polar surface area (TPSA) is 33.3 Å². The van der Waals surface area contributed by atoms with Gasteiger partial charge < -0.3 is 15.4 Å². The van der Waals surface area contributed by atoms with E-state index in [1.807, 2.05) is 0 Å². The highest BCUT2D eigenvalue weighted by Gasteiger charge is 2.57. The van der Waals surface area contributed by atoms with Crippen LogP contribution in [0, 0.1) is 0 Å². The third-order valence-corrected chi connectivity index (χ3v) is 2.02. The molecule has 0 aromatic carbocycles. The van der Waals surface area contributed by atoms with Crippen LogP contribution in [-0.2, 0) is 4.74 Å². The van der Waals surface area contributed by atoms with Crippen molar-refractivity contribution in [3.8, 4) is 0 Å². The van der Waals surface area contributed by atoms with Gasteiger partial charge in [0, 0.05) is 26.2 Å². The van der Waals surface area contributed by atoms with Crippen LogP contribution in [0.5, 0.6) is 0 Å². The van der Waals surface area contributed by atoms with Gasteiger partial charge >= 0.3 is 12.1 Å². The molecule has 0 rings (SSSR count). The minimum atomic E-state index is -5.51. The molecule has 1 unspecified atom stereocenters. The number of hydrogen-bond acceptors (Lipinski definition) is 3. The Hall–Kier alpha value is -0.470. The average molecular weight is 264 g/mol. The number of halogens is 5. The molecular formula is C9H17F5N2O. The van der Waals surface area contributed by atoms with Crippen LogP contribution in [-0.4, -0.2) is 51.5 Å². The van der Waals surface area contributed by atoms with Crippen molar-refractivity contribution in [2.45, 2.75) is 25.1 Å². The van der Waals surface area contributed by atoms with Gasteiger partial charge in [-0.05, 0) is 6.92 Å². The fraction of sp³-hybridized carbons (Fsp3) is 1.00. The smallest absolute Gasteiger partial charge is 0.383 e. The lowest BCUT2D eigenvalue weighted by molar-refractivity contribution is -0.279. The maximum atomic E-state index is 12.5. The average Bonchev–Trinajstić information content (AvgIpc) is 2.20. The zero-order valence-electron chi connectivity index (χ0n) is 9.70. The van der Waals surface area contributed by atoms with Crippen molar-refractivity contribution < 1.29 is 26.7 Å². The normalized spacial score (nSPS) is 15.0. The van der Waals surface area contributed by atoms with E-state index in [0.717, 1.165) is 0 Å². The van der Waals surface area contributed by atoms with Gasteiger partial charge in [-0.15, -0.1) is 0 Å². The first-order valence-corrected chi connectivity index (χ1v) is 5.08. The van der Waals surface area contributed by atoms with Gasteiger partial charge in [0.2, 0.25) is 0 Å². The summed E-state index contributed by atoms with van der Waals surface area (Å²) in [4.78, 5) is 0. The maximum Gasteiger partial charge on any atom is 0.454 e. The quantitative estimate of drug-likeness (QED) is 0.513. The molecule has 0 aromatic rings. The third kappa shape index (κ3) is 6.75. The Morgan fingerprint density at radius 1 is 1.18 bits per heavy atom. The highest BCUT2D eigenvalue weighted by Crippen LogP contribution is 2.34. The molecule has 0 saturated carbocycles. The van der Waals surface area contributed by atoms with Crippen LogP contribution in [0.2, 0.25) is 0 Å². The minimum Gasteiger partial charge on any atom is -0.383 e. The predicted octanol–water partition coefficient (Wildman–Crippen LogP) is 1.40. The standard InChI is InChI=1S/C9H17F5N2O/c1-7(5-15-3-4-17-2)16-6-8(10,11)9(12,13)14/h7,15-16H,3-6H2,1-2H3. The summed E-state index contributed by atoms with van der Waals surface area (Å²) in [7, 11) is 1.51. The molecule has 0 aliphatic rings. The third-order valence-electron chi connectivity index (χ3n) is 2.02. The molecule has 0 fully saturated rings. The molecule has 0 aromatic heterocycles. The lowest BCUT2D eigenvalue weighted by Gasteiger charge is -2.22. The Morgan fingerprint density at radius 2 is 1.76 bits per heavy atom. The van der Waals surface area contributed by atoms with E-state index >= 15 is 0 Å². The van der Waals surface area contributed by atoms with Crippen LogP contribution < -0.4 is 10.6 Å². The summed E-state index contributed by atoms with van der Waals surface area (Å²) in [6.07, 6.45) is -5.51. The van der Waals surface area contributed by atoms with E-state index in [2.05, 4.69) is 10.6 Å². The summed E-state index contributed by atoms with van der Waals surface area (Å²) in [5, 5.41) is 4.98. The summed E-state index contributed by atoms with van der Waals surface area (Å²) in [5.74, 6) is -4.70. The van der Waals surface area contributed by atoms with Gasteiger partial charge in [-0.3, -0.25) is 0 Å². The number of rotatable bonds is 8. The van der Waals surface area contributed by atoms with Crippen molar-refractivity contribution in [2.75, 3.05) is 33.4 Å². The van der Waals surface area contributed by atoms with E-state index in [9.17, 15) is 22.0 Å². The van der Waals surface area contributed by atoms with Crippen molar-refractivity contribution in [2.24, 2.45) is 0 Å². The molecule has 8 heteroatoms. The molecule has 3 nitrogen and oxygen atoms in total. The Morgan fingerprint density at radius 3 is 2.24 bits per heavy atom. The van der Waals surface area contributed by atoms with Gasteiger partial charge in [-0.25, -0.2) is 0 Å². The van der Waals surface area contributed by atoms with E-state index in [1.54, 1.807) is 0 Å². The number of nitrogens with one attached hydrogen (secondary N) is 2. The lowest BCUT2D eigenvalue weighted by atomic mass is 10.2. The molecule has 0 bridgehead atoms. The molecule has 0 aliphatic heterocycles. The second kappa shape index (κ2) is 7.07. The minimum absolute atomic E-state index is 0.289. The van der Waals surface area contributed by atoms with Crippen LogP contribution in [0.4, 0.5) is 22.0 Å². The Kier molecular flexibility index (Phi) is 6.88. The Labute approximate surface area is 96.7 Å². The van der Waals surface area contributed by atoms with Crippen LogP contribution >= 0.6 is 0 Å². The summed E-state index contributed by atoms with van der Waals surface area (Å²) in [5.41, 5.74) is 0. The van der Waals surface area contributed by atoms with E-state index < -0.39 is 24.7 Å². The molecule has 1 atom stereocenters. The van der Waals surface area contributed by atoms with Gasteiger partial charge in [-0.2, -0.15) is 22.0 Å². The summed E-state index contributed by atoms with van der Waals surface area (Å²) < 4.78 is 65.2. The fourth-order valence-electron chi connectivity index (χ4n) is 0.968. The largest absolute Gasteiger partial charge is 0.454 e. The molecule has 0 spiro atoms. The highest BCUT2D eigenvalue weighted by molar-refractivity contribution is 4.80. The van der Waals surface area contributed by atoms with Crippen molar-refractivity contribution in [3.63, 3.8) is 0 Å². The molecule has 2 N–H and O–H groups in total. The second-order valence-electron chi connectivity index (χ2n) is 3.68. The molecule has 17 heavy (non-hydrogen) atoms. The van der Waals surface area contributed by atoms with Crippen LogP contribution in [0.1, 0.15) is 6.92 Å². The van der Waals surface area contributed by atoms with Crippen LogP contribution in [0.3, 0.4) is 0 Å². The zero-order valence-corrected chi connectivity index (χ0v) is 9.70. The molecular weight excluding hydrogens is 247 g/mol. The van der Waals surface area contributed by atoms with Crippen LogP contribution in [0.15, 0.2) is 0 Å². The van der Waals surface area contributed by atoms with Gasteiger partial charge in [0.05, 0.1) is 13.2 Å². The van der Waals surface area contributed by atoms with Gasteiger partial charge in [0.25, 0.3) is 0 Å². The first kappa shape index (κ1) is 16.5. The fourth-order valence-corrected chi connectivity index (χ4v) is 0.968. The Bertz CT molecular complexity index is 210. The Balaban J connectivity index is 3.80. The maximum absolute atomic E-state index is 12.5. The van der Waals surface area contributed by atoms with Gasteiger partial charge in [-0.1, -0.05) is 0 Å². The zero-order chi connectivity index (χ0) is 13.5. The van der Waals surface area contributed by atoms with Crippen LogP contribution in [0.25, 0.3) is 0 Å². The van der Waals surface area contributed by atoms with Crippen molar-refractivity contribution >= 4 is 0 Å².